The fourth-order valence-electron chi connectivity index (χ4n) is 1.23. The topological polar surface area (TPSA) is 26.7 Å². The molecule has 0 radical (unpaired) electrons. The van der Waals surface area contributed by atoms with Gasteiger partial charge in [-0.15, -0.1) is 0 Å². The lowest BCUT2D eigenvalue weighted by atomic mass is 10.3. The molecular formula is C8H16N2O. The quantitative estimate of drug-likeness (QED) is 0.654. The highest BCUT2D eigenvalue weighted by atomic mass is 16.3. The van der Waals surface area contributed by atoms with Crippen LogP contribution in [0.5, 0.6) is 0 Å². The summed E-state index contributed by atoms with van der Waals surface area (Å²) in [5.74, 6) is 0. The van der Waals surface area contributed by atoms with Crippen molar-refractivity contribution in [1.29, 1.82) is 0 Å². The van der Waals surface area contributed by atoms with Crippen molar-refractivity contribution < 1.29 is 5.11 Å². The number of likely N-dealkylation sites (N-methyl/N-ethyl adjacent to an activating group) is 1. The predicted octanol–water partition coefficient (Wildman–Crippen LogP) is 0.781. The van der Waals surface area contributed by atoms with Gasteiger partial charge in [-0.1, -0.05) is 19.4 Å². The Hall–Kier alpha value is -0.540. The van der Waals surface area contributed by atoms with Gasteiger partial charge in [0.25, 0.3) is 0 Å². The summed E-state index contributed by atoms with van der Waals surface area (Å²) in [5.41, 5.74) is 0. The molecule has 0 spiro atoms. The van der Waals surface area contributed by atoms with Crippen LogP contribution in [0.2, 0.25) is 0 Å². The van der Waals surface area contributed by atoms with Gasteiger partial charge in [0.15, 0.2) is 0 Å². The third kappa shape index (κ3) is 1.94. The Labute approximate surface area is 67.9 Å². The molecule has 0 aromatic rings. The van der Waals surface area contributed by atoms with Crippen molar-refractivity contribution in [3.05, 3.63) is 12.3 Å². The van der Waals surface area contributed by atoms with E-state index in [-0.39, 0.29) is 6.23 Å². The number of hydrogen-bond acceptors (Lipinski definition) is 3. The van der Waals surface area contributed by atoms with Gasteiger partial charge in [-0.25, -0.2) is 5.01 Å². The molecule has 1 atom stereocenters. The van der Waals surface area contributed by atoms with Crippen LogP contribution in [-0.4, -0.2) is 34.9 Å². The second kappa shape index (κ2) is 3.74. The monoisotopic (exact) mass is 156 g/mol. The first-order chi connectivity index (χ1) is 5.25. The molecule has 11 heavy (non-hydrogen) atoms. The molecule has 0 fully saturated rings. The first kappa shape index (κ1) is 8.56. The maximum Gasteiger partial charge on any atom is 0.140 e. The van der Waals surface area contributed by atoms with Crippen LogP contribution in [-0.2, 0) is 0 Å². The molecule has 1 unspecified atom stereocenters. The molecular weight excluding hydrogens is 140 g/mol. The van der Waals surface area contributed by atoms with Crippen LogP contribution in [0.15, 0.2) is 12.3 Å². The first-order valence-electron chi connectivity index (χ1n) is 4.09. The molecule has 0 aliphatic carbocycles. The Morgan fingerprint density at radius 3 is 2.82 bits per heavy atom. The molecule has 3 heteroatoms. The molecule has 0 saturated carbocycles. The first-order valence-corrected chi connectivity index (χ1v) is 4.09. The Bertz CT molecular complexity index is 147. The zero-order valence-corrected chi connectivity index (χ0v) is 7.20. The van der Waals surface area contributed by atoms with Crippen LogP contribution >= 0.6 is 0 Å². The molecule has 0 bridgehead atoms. The molecule has 1 heterocycles. The van der Waals surface area contributed by atoms with E-state index in [4.69, 9.17) is 0 Å². The van der Waals surface area contributed by atoms with Gasteiger partial charge in [0, 0.05) is 19.8 Å². The van der Waals surface area contributed by atoms with Gasteiger partial charge in [0.2, 0.25) is 0 Å². The van der Waals surface area contributed by atoms with Crippen LogP contribution in [0.25, 0.3) is 0 Å². The Morgan fingerprint density at radius 2 is 2.36 bits per heavy atom. The van der Waals surface area contributed by atoms with Crippen LogP contribution < -0.4 is 0 Å². The summed E-state index contributed by atoms with van der Waals surface area (Å²) < 4.78 is 0. The van der Waals surface area contributed by atoms with E-state index in [0.717, 1.165) is 19.4 Å². The minimum atomic E-state index is -0.344. The van der Waals surface area contributed by atoms with Gasteiger partial charge in [-0.05, 0) is 6.42 Å². The van der Waals surface area contributed by atoms with E-state index in [9.17, 15) is 5.11 Å². The lowest BCUT2D eigenvalue weighted by Crippen LogP contribution is -2.39. The third-order valence-electron chi connectivity index (χ3n) is 1.87. The summed E-state index contributed by atoms with van der Waals surface area (Å²) in [4.78, 5) is 0. The summed E-state index contributed by atoms with van der Waals surface area (Å²) in [6.45, 7) is 2.98. The van der Waals surface area contributed by atoms with Gasteiger partial charge in [0.1, 0.15) is 6.23 Å². The molecule has 0 aromatic carbocycles. The summed E-state index contributed by atoms with van der Waals surface area (Å²) in [5, 5.41) is 13.4. The summed E-state index contributed by atoms with van der Waals surface area (Å²) in [6, 6.07) is 0. The lowest BCUT2D eigenvalue weighted by molar-refractivity contribution is -0.0779. The van der Waals surface area contributed by atoms with Crippen molar-refractivity contribution in [2.75, 3.05) is 13.6 Å². The van der Waals surface area contributed by atoms with E-state index >= 15 is 0 Å². The van der Waals surface area contributed by atoms with Crippen LogP contribution in [0.4, 0.5) is 0 Å². The second-order valence-corrected chi connectivity index (χ2v) is 2.87. The largest absolute Gasteiger partial charge is 0.372 e. The van der Waals surface area contributed by atoms with E-state index in [2.05, 4.69) is 6.92 Å². The smallest absolute Gasteiger partial charge is 0.140 e. The second-order valence-electron chi connectivity index (χ2n) is 2.87. The Morgan fingerprint density at radius 1 is 1.64 bits per heavy atom. The molecule has 0 saturated heterocycles. The molecule has 1 aliphatic rings. The fourth-order valence-corrected chi connectivity index (χ4v) is 1.23. The molecule has 1 aliphatic heterocycles. The van der Waals surface area contributed by atoms with Gasteiger partial charge in [-0.3, -0.25) is 5.01 Å². The van der Waals surface area contributed by atoms with Crippen LogP contribution in [0.3, 0.4) is 0 Å². The van der Waals surface area contributed by atoms with E-state index < -0.39 is 0 Å². The Kier molecular flexibility index (Phi) is 2.91. The summed E-state index contributed by atoms with van der Waals surface area (Å²) in [6.07, 6.45) is 5.47. The average Bonchev–Trinajstić information content (AvgIpc) is 2.36. The minimum Gasteiger partial charge on any atom is -0.372 e. The maximum atomic E-state index is 9.55. The van der Waals surface area contributed by atoms with E-state index in [0.29, 0.717) is 0 Å². The average molecular weight is 156 g/mol. The Balaban J connectivity index is 2.39. The highest BCUT2D eigenvalue weighted by Crippen LogP contribution is 2.11. The van der Waals surface area contributed by atoms with Crippen molar-refractivity contribution in [2.45, 2.75) is 26.0 Å². The number of hydrazine groups is 1. The highest BCUT2D eigenvalue weighted by molar-refractivity contribution is 4.90. The lowest BCUT2D eigenvalue weighted by Gasteiger charge is -2.29. The van der Waals surface area contributed by atoms with Crippen molar-refractivity contribution in [3.63, 3.8) is 0 Å². The number of aliphatic hydroxyl groups excluding tert-OH is 1. The fraction of sp³-hybridized carbons (Fsp3) is 0.750. The maximum absolute atomic E-state index is 9.55. The molecule has 1 N–H and O–H groups in total. The zero-order valence-electron chi connectivity index (χ0n) is 7.20. The van der Waals surface area contributed by atoms with Crippen molar-refractivity contribution in [1.82, 2.24) is 10.0 Å². The SMILES string of the molecule is CCCC(O)N1C=CCN1C. The van der Waals surface area contributed by atoms with Crippen molar-refractivity contribution >= 4 is 0 Å². The van der Waals surface area contributed by atoms with Crippen LogP contribution in [0, 0.1) is 0 Å². The minimum absolute atomic E-state index is 0.344. The van der Waals surface area contributed by atoms with E-state index in [1.165, 1.54) is 0 Å². The zero-order chi connectivity index (χ0) is 8.27. The van der Waals surface area contributed by atoms with E-state index in [1.807, 2.05) is 29.3 Å². The highest BCUT2D eigenvalue weighted by Gasteiger charge is 2.17. The summed E-state index contributed by atoms with van der Waals surface area (Å²) in [7, 11) is 1.97. The molecule has 0 amide bonds. The molecule has 3 nitrogen and oxygen atoms in total. The normalized spacial score (nSPS) is 21.2. The molecule has 64 valence electrons. The van der Waals surface area contributed by atoms with Crippen molar-refractivity contribution in [2.24, 2.45) is 0 Å². The van der Waals surface area contributed by atoms with Gasteiger partial charge in [-0.2, -0.15) is 0 Å². The number of nitrogens with zero attached hydrogens (tertiary/aromatic N) is 2. The van der Waals surface area contributed by atoms with Gasteiger partial charge in [0.05, 0.1) is 0 Å². The molecule has 1 rings (SSSR count). The van der Waals surface area contributed by atoms with Crippen molar-refractivity contribution in [3.8, 4) is 0 Å². The summed E-state index contributed by atoms with van der Waals surface area (Å²) >= 11 is 0. The van der Waals surface area contributed by atoms with Crippen LogP contribution in [0.1, 0.15) is 19.8 Å². The molecule has 0 aromatic heterocycles. The standard InChI is InChI=1S/C8H16N2O/c1-3-5-8(11)10-7-4-6-9(10)2/h4,7-8,11H,3,5-6H2,1-2H3. The number of hydrogen-bond donors (Lipinski definition) is 1. The third-order valence-corrected chi connectivity index (χ3v) is 1.87. The van der Waals surface area contributed by atoms with Gasteiger partial charge < -0.3 is 5.11 Å². The van der Waals surface area contributed by atoms with Gasteiger partial charge >= 0.3 is 0 Å². The number of rotatable bonds is 3. The predicted molar refractivity (Wildman–Crippen MR) is 44.5 cm³/mol. The van der Waals surface area contributed by atoms with E-state index in [1.54, 1.807) is 0 Å². The number of aliphatic hydroxyl groups is 1.